The largest absolute Gasteiger partial charge is 0.346 e. The lowest BCUT2D eigenvalue weighted by atomic mass is 9.89. The molecule has 0 radical (unpaired) electrons. The Balaban J connectivity index is 1.74. The molecule has 0 bridgehead atoms. The van der Waals surface area contributed by atoms with Gasteiger partial charge in [-0.05, 0) is 19.9 Å². The number of pyridine rings is 1. The first kappa shape index (κ1) is 19.1. The van der Waals surface area contributed by atoms with Crippen molar-refractivity contribution in [3.05, 3.63) is 42.3 Å². The van der Waals surface area contributed by atoms with E-state index in [2.05, 4.69) is 26.0 Å². The highest BCUT2D eigenvalue weighted by atomic mass is 32.2. The Hall–Kier alpha value is -3.21. The van der Waals surface area contributed by atoms with Crippen LogP contribution < -0.4 is 0 Å². The molecule has 1 saturated heterocycles. The van der Waals surface area contributed by atoms with Crippen molar-refractivity contribution < 1.29 is 8.42 Å². The molecule has 0 amide bonds. The van der Waals surface area contributed by atoms with E-state index in [0.717, 1.165) is 16.5 Å². The van der Waals surface area contributed by atoms with Crippen LogP contribution in [-0.2, 0) is 15.6 Å². The molecule has 1 aliphatic heterocycles. The summed E-state index contributed by atoms with van der Waals surface area (Å²) in [6.45, 7) is 11.2. The standard InChI is InChI=1S/C19H19N7O2S/c1-13(2)29(27,28)25-11-19(12-25,5-6-20)26-10-14(8-24-26)17-15-4-7-22-18(15)23-9-16(17)21-3/h4,7-10,13H,5,11-12H2,1-2H3,(H,22,23). The van der Waals surface area contributed by atoms with Gasteiger partial charge in [0.2, 0.25) is 15.7 Å². The third-order valence-corrected chi connectivity index (χ3v) is 7.52. The summed E-state index contributed by atoms with van der Waals surface area (Å²) in [6, 6.07) is 4.02. The molecule has 1 fully saturated rings. The molecule has 0 spiro atoms. The highest BCUT2D eigenvalue weighted by molar-refractivity contribution is 7.89. The summed E-state index contributed by atoms with van der Waals surface area (Å²) in [6.07, 6.45) is 6.85. The van der Waals surface area contributed by atoms with Crippen LogP contribution in [0.4, 0.5) is 5.69 Å². The number of aromatic nitrogens is 4. The molecule has 4 heterocycles. The van der Waals surface area contributed by atoms with E-state index in [4.69, 9.17) is 6.57 Å². The maximum Gasteiger partial charge on any atom is 0.216 e. The van der Waals surface area contributed by atoms with Gasteiger partial charge in [-0.3, -0.25) is 9.67 Å². The van der Waals surface area contributed by atoms with E-state index in [1.54, 1.807) is 37.1 Å². The maximum absolute atomic E-state index is 12.4. The minimum Gasteiger partial charge on any atom is -0.346 e. The topological polar surface area (TPSA) is 112 Å². The molecule has 0 aromatic carbocycles. The van der Waals surface area contributed by atoms with Crippen molar-refractivity contribution >= 4 is 26.7 Å². The van der Waals surface area contributed by atoms with Gasteiger partial charge in [0.25, 0.3) is 0 Å². The Morgan fingerprint density at radius 2 is 2.17 bits per heavy atom. The molecule has 3 aromatic rings. The quantitative estimate of drug-likeness (QED) is 0.651. The molecular formula is C19H19N7O2S. The van der Waals surface area contributed by atoms with Crippen molar-refractivity contribution in [3.63, 3.8) is 0 Å². The maximum atomic E-state index is 12.4. The fraction of sp³-hybridized carbons (Fsp3) is 0.368. The summed E-state index contributed by atoms with van der Waals surface area (Å²) in [5, 5.41) is 14.1. The second kappa shape index (κ2) is 6.69. The third kappa shape index (κ3) is 2.89. The third-order valence-electron chi connectivity index (χ3n) is 5.35. The molecule has 29 heavy (non-hydrogen) atoms. The molecule has 9 nitrogen and oxygen atoms in total. The van der Waals surface area contributed by atoms with E-state index in [-0.39, 0.29) is 19.5 Å². The minimum absolute atomic E-state index is 0.143. The summed E-state index contributed by atoms with van der Waals surface area (Å²) in [7, 11) is -3.38. The van der Waals surface area contributed by atoms with E-state index < -0.39 is 20.8 Å². The lowest BCUT2D eigenvalue weighted by Crippen LogP contribution is -2.65. The van der Waals surface area contributed by atoms with Crippen molar-refractivity contribution in [1.29, 1.82) is 5.26 Å². The first-order valence-electron chi connectivity index (χ1n) is 9.07. The molecule has 1 aliphatic rings. The average molecular weight is 409 g/mol. The van der Waals surface area contributed by atoms with Crippen molar-refractivity contribution in [2.24, 2.45) is 0 Å². The zero-order valence-electron chi connectivity index (χ0n) is 16.0. The number of nitrogens with one attached hydrogen (secondary N) is 1. The summed E-state index contributed by atoms with van der Waals surface area (Å²) < 4.78 is 27.9. The summed E-state index contributed by atoms with van der Waals surface area (Å²) in [5.41, 5.74) is 1.81. The number of hydrogen-bond donors (Lipinski definition) is 1. The smallest absolute Gasteiger partial charge is 0.216 e. The van der Waals surface area contributed by atoms with Gasteiger partial charge in [-0.1, -0.05) is 0 Å². The first-order chi connectivity index (χ1) is 13.8. The van der Waals surface area contributed by atoms with Crippen molar-refractivity contribution in [1.82, 2.24) is 24.1 Å². The Morgan fingerprint density at radius 1 is 1.41 bits per heavy atom. The van der Waals surface area contributed by atoms with E-state index in [9.17, 15) is 13.7 Å². The first-order valence-corrected chi connectivity index (χ1v) is 10.6. The van der Waals surface area contributed by atoms with Crippen LogP contribution in [0.5, 0.6) is 0 Å². The van der Waals surface area contributed by atoms with Crippen molar-refractivity contribution in [3.8, 4) is 17.2 Å². The SMILES string of the molecule is [C-]#[N+]c1cnc2[nH]ccc2c1-c1cnn(C2(CC#N)CN(S(=O)(=O)C(C)C)C2)c1. The van der Waals surface area contributed by atoms with E-state index in [0.29, 0.717) is 11.3 Å². The summed E-state index contributed by atoms with van der Waals surface area (Å²) >= 11 is 0. The van der Waals surface area contributed by atoms with Gasteiger partial charge in [0.1, 0.15) is 11.2 Å². The van der Waals surface area contributed by atoms with Gasteiger partial charge in [-0.15, -0.1) is 0 Å². The summed E-state index contributed by atoms with van der Waals surface area (Å²) in [5.74, 6) is 0. The van der Waals surface area contributed by atoms with Gasteiger partial charge in [0, 0.05) is 48.2 Å². The number of nitriles is 1. The highest BCUT2D eigenvalue weighted by Gasteiger charge is 2.50. The highest BCUT2D eigenvalue weighted by Crippen LogP contribution is 2.39. The van der Waals surface area contributed by atoms with Crippen LogP contribution in [0.2, 0.25) is 0 Å². The fourth-order valence-corrected chi connectivity index (χ4v) is 5.11. The number of hydrogen-bond acceptors (Lipinski definition) is 5. The van der Waals surface area contributed by atoms with Crippen LogP contribution >= 0.6 is 0 Å². The predicted octanol–water partition coefficient (Wildman–Crippen LogP) is 2.64. The number of sulfonamides is 1. The predicted molar refractivity (Wildman–Crippen MR) is 107 cm³/mol. The zero-order valence-corrected chi connectivity index (χ0v) is 16.8. The van der Waals surface area contributed by atoms with Crippen LogP contribution in [-0.4, -0.2) is 50.8 Å². The molecule has 3 aromatic heterocycles. The van der Waals surface area contributed by atoms with Gasteiger partial charge < -0.3 is 4.98 Å². The van der Waals surface area contributed by atoms with Crippen LogP contribution in [0.15, 0.2) is 30.9 Å². The summed E-state index contributed by atoms with van der Waals surface area (Å²) in [4.78, 5) is 10.9. The molecule has 1 N–H and O–H groups in total. The number of aromatic amines is 1. The normalized spacial score (nSPS) is 16.4. The second-order valence-electron chi connectivity index (χ2n) is 7.46. The molecule has 10 heteroatoms. The van der Waals surface area contributed by atoms with E-state index in [1.807, 2.05) is 6.07 Å². The lowest BCUT2D eigenvalue weighted by Gasteiger charge is -2.48. The number of H-pyrrole nitrogens is 1. The van der Waals surface area contributed by atoms with Gasteiger partial charge in [0.05, 0.1) is 30.5 Å². The van der Waals surface area contributed by atoms with Crippen LogP contribution in [0.3, 0.4) is 0 Å². The molecule has 0 unspecified atom stereocenters. The number of rotatable bonds is 5. The Labute approximate surface area is 168 Å². The molecular weight excluding hydrogens is 390 g/mol. The van der Waals surface area contributed by atoms with Gasteiger partial charge in [-0.25, -0.2) is 13.3 Å². The Morgan fingerprint density at radius 3 is 2.83 bits per heavy atom. The van der Waals surface area contributed by atoms with Crippen LogP contribution in [0.1, 0.15) is 20.3 Å². The number of nitrogens with zero attached hydrogens (tertiary/aromatic N) is 6. The number of fused-ring (bicyclic) bond motifs is 1. The molecule has 0 saturated carbocycles. The molecule has 0 aliphatic carbocycles. The molecule has 0 atom stereocenters. The fourth-order valence-electron chi connectivity index (χ4n) is 3.67. The minimum atomic E-state index is -3.38. The Kier molecular flexibility index (Phi) is 4.41. The van der Waals surface area contributed by atoms with Gasteiger partial charge in [-0.2, -0.15) is 14.7 Å². The molecule has 4 rings (SSSR count). The van der Waals surface area contributed by atoms with Gasteiger partial charge in [0.15, 0.2) is 0 Å². The second-order valence-corrected chi connectivity index (χ2v) is 9.95. The van der Waals surface area contributed by atoms with E-state index in [1.165, 1.54) is 10.5 Å². The average Bonchev–Trinajstić information content (AvgIpc) is 3.32. The zero-order chi connectivity index (χ0) is 20.8. The van der Waals surface area contributed by atoms with Crippen LogP contribution in [0.25, 0.3) is 27.0 Å². The van der Waals surface area contributed by atoms with Crippen molar-refractivity contribution in [2.75, 3.05) is 13.1 Å². The van der Waals surface area contributed by atoms with Gasteiger partial charge >= 0.3 is 0 Å². The van der Waals surface area contributed by atoms with E-state index >= 15 is 0 Å². The lowest BCUT2D eigenvalue weighted by molar-refractivity contribution is 0.0711. The monoisotopic (exact) mass is 409 g/mol. The Bertz CT molecular complexity index is 1270. The molecule has 148 valence electrons. The van der Waals surface area contributed by atoms with Crippen LogP contribution in [0, 0.1) is 17.9 Å². The van der Waals surface area contributed by atoms with Crippen molar-refractivity contribution in [2.45, 2.75) is 31.1 Å².